The highest BCUT2D eigenvalue weighted by molar-refractivity contribution is 6.38. The lowest BCUT2D eigenvalue weighted by Crippen LogP contribution is -2.47. The molecule has 0 saturated carbocycles. The number of piperazine rings is 1. The van der Waals surface area contributed by atoms with E-state index in [1.54, 1.807) is 41.3 Å². The van der Waals surface area contributed by atoms with Gasteiger partial charge in [0, 0.05) is 44.6 Å². The zero-order chi connectivity index (χ0) is 34.2. The highest BCUT2D eigenvalue weighted by Crippen LogP contribution is 2.38. The zero-order valence-electron chi connectivity index (χ0n) is 25.5. The van der Waals surface area contributed by atoms with Gasteiger partial charge < -0.3 is 19.1 Å². The number of fused-ring (bicyclic) bond motifs is 1. The summed E-state index contributed by atoms with van der Waals surface area (Å²) in [5.74, 6) is -5.94. The molecule has 3 heterocycles. The Bertz CT molecular complexity index is 1940. The lowest BCUT2D eigenvalue weighted by atomic mass is 10.1. The number of likely N-dealkylation sites (tertiary alicyclic amines) is 1. The maximum atomic E-state index is 15.9. The highest BCUT2D eigenvalue weighted by atomic mass is 35.5. The van der Waals surface area contributed by atoms with Gasteiger partial charge in [0.2, 0.25) is 5.43 Å². The van der Waals surface area contributed by atoms with E-state index < -0.39 is 46.1 Å². The Morgan fingerprint density at radius 2 is 1.52 bits per heavy atom. The normalized spacial score (nSPS) is 16.0. The van der Waals surface area contributed by atoms with Crippen LogP contribution in [0.2, 0.25) is 5.02 Å². The second kappa shape index (κ2) is 13.6. The fourth-order valence-electron chi connectivity index (χ4n) is 6.30. The lowest BCUT2D eigenvalue weighted by molar-refractivity contribution is -0.193. The predicted octanol–water partition coefficient (Wildman–Crippen LogP) is 6.48. The molecule has 2 fully saturated rings. The molecule has 0 bridgehead atoms. The minimum atomic E-state index is -5.49. The highest BCUT2D eigenvalue weighted by Gasteiger charge is 2.43. The van der Waals surface area contributed by atoms with Gasteiger partial charge in [0.05, 0.1) is 27.3 Å². The van der Waals surface area contributed by atoms with Crippen LogP contribution in [0.15, 0.2) is 65.6 Å². The van der Waals surface area contributed by atoms with Crippen LogP contribution in [0.3, 0.4) is 0 Å². The maximum absolute atomic E-state index is 15.9. The van der Waals surface area contributed by atoms with E-state index in [1.807, 2.05) is 11.0 Å². The van der Waals surface area contributed by atoms with Crippen molar-refractivity contribution in [2.24, 2.45) is 0 Å². The van der Waals surface area contributed by atoms with E-state index in [0.29, 0.717) is 31.0 Å². The number of piperidine rings is 1. The van der Waals surface area contributed by atoms with Crippen molar-refractivity contribution in [3.05, 3.63) is 98.8 Å². The third-order valence-electron chi connectivity index (χ3n) is 8.63. The summed E-state index contributed by atoms with van der Waals surface area (Å²) in [6.07, 6.45) is -1.27. The number of pyridine rings is 1. The molecule has 0 atom stereocenters. The van der Waals surface area contributed by atoms with Crippen LogP contribution in [0.4, 0.5) is 33.3 Å². The van der Waals surface area contributed by atoms with Gasteiger partial charge in [-0.15, -0.1) is 0 Å². The number of halogens is 6. The second-order valence-corrected chi connectivity index (χ2v) is 12.1. The van der Waals surface area contributed by atoms with Crippen molar-refractivity contribution in [3.63, 3.8) is 0 Å². The number of carbonyl (C=O) groups is 2. The van der Waals surface area contributed by atoms with Crippen LogP contribution >= 0.6 is 11.6 Å². The largest absolute Gasteiger partial charge is 0.491 e. The summed E-state index contributed by atoms with van der Waals surface area (Å²) >= 11 is 6.92. The first-order valence-electron chi connectivity index (χ1n) is 15.4. The van der Waals surface area contributed by atoms with Crippen LogP contribution in [-0.2, 0) is 16.1 Å². The van der Waals surface area contributed by atoms with E-state index >= 15 is 4.39 Å². The maximum Gasteiger partial charge on any atom is 0.491 e. The molecular weight excluding hydrogens is 659 g/mol. The summed E-state index contributed by atoms with van der Waals surface area (Å²) < 4.78 is 74.4. The summed E-state index contributed by atoms with van der Waals surface area (Å²) in [6.45, 7) is 3.57. The fraction of sp³-hybridized carbons (Fsp3) is 0.324. The Morgan fingerprint density at radius 1 is 0.833 bits per heavy atom. The number of esters is 2. The van der Waals surface area contributed by atoms with Crippen molar-refractivity contribution in [1.82, 2.24) is 9.47 Å². The molecular formula is C34H30ClF5N4O4. The van der Waals surface area contributed by atoms with E-state index in [0.717, 1.165) is 50.2 Å². The zero-order valence-corrected chi connectivity index (χ0v) is 26.3. The number of alkyl halides is 3. The average Bonchev–Trinajstić information content (AvgIpc) is 3.06. The standard InChI is InChI=1S/C34H30ClF5N4O4/c35-28-29-23(18-26(37)30(28)43-15-13-42(14-16-43)27-10-3-2-9-25(27)36)31(45)24(32(46)48-33(47)34(38,39)40)20-44(29)22-8-6-7-21(17-22)19-41-11-4-1-5-12-41/h2-3,6-10,17-18,20H,1,4-5,11-16,19H2. The monoisotopic (exact) mass is 688 g/mol. The van der Waals surface area contributed by atoms with Crippen molar-refractivity contribution in [3.8, 4) is 5.69 Å². The number of nitrogens with zero attached hydrogens (tertiary/aromatic N) is 4. The first-order valence-corrected chi connectivity index (χ1v) is 15.8. The van der Waals surface area contributed by atoms with Crippen molar-refractivity contribution in [1.29, 1.82) is 0 Å². The summed E-state index contributed by atoms with van der Waals surface area (Å²) in [7, 11) is 0. The molecule has 0 radical (unpaired) electrons. The molecule has 48 heavy (non-hydrogen) atoms. The Morgan fingerprint density at radius 3 is 2.21 bits per heavy atom. The van der Waals surface area contributed by atoms with Crippen molar-refractivity contribution < 1.29 is 36.3 Å². The predicted molar refractivity (Wildman–Crippen MR) is 171 cm³/mol. The Balaban J connectivity index is 1.44. The van der Waals surface area contributed by atoms with Gasteiger partial charge in [-0.1, -0.05) is 42.3 Å². The number of benzene rings is 3. The molecule has 0 amide bonds. The number of carbonyl (C=O) groups excluding carboxylic acids is 2. The number of anilines is 2. The van der Waals surface area contributed by atoms with E-state index in [2.05, 4.69) is 9.64 Å². The molecule has 2 saturated heterocycles. The van der Waals surface area contributed by atoms with Gasteiger partial charge in [-0.25, -0.2) is 18.4 Å². The summed E-state index contributed by atoms with van der Waals surface area (Å²) in [6, 6.07) is 14.2. The third-order valence-corrected chi connectivity index (χ3v) is 8.98. The summed E-state index contributed by atoms with van der Waals surface area (Å²) in [4.78, 5) is 43.6. The van der Waals surface area contributed by atoms with Crippen LogP contribution in [0.25, 0.3) is 16.6 Å². The van der Waals surface area contributed by atoms with Gasteiger partial charge in [-0.3, -0.25) is 9.69 Å². The van der Waals surface area contributed by atoms with Gasteiger partial charge in [0.25, 0.3) is 0 Å². The smallest absolute Gasteiger partial charge is 0.382 e. The topological polar surface area (TPSA) is 75.1 Å². The quantitative estimate of drug-likeness (QED) is 0.130. The number of hydrogen-bond donors (Lipinski definition) is 0. The molecule has 0 spiro atoms. The molecule has 0 unspecified atom stereocenters. The van der Waals surface area contributed by atoms with Crippen LogP contribution < -0.4 is 15.2 Å². The minimum absolute atomic E-state index is 0.00317. The average molecular weight is 689 g/mol. The first-order chi connectivity index (χ1) is 22.9. The molecule has 4 aromatic rings. The molecule has 6 rings (SSSR count). The van der Waals surface area contributed by atoms with Crippen molar-refractivity contribution >= 4 is 45.8 Å². The molecule has 3 aromatic carbocycles. The third kappa shape index (κ3) is 6.74. The van der Waals surface area contributed by atoms with Gasteiger partial charge >= 0.3 is 18.1 Å². The van der Waals surface area contributed by atoms with Gasteiger partial charge in [-0.05, 0) is 61.8 Å². The van der Waals surface area contributed by atoms with E-state index in [-0.39, 0.29) is 29.3 Å². The van der Waals surface area contributed by atoms with E-state index in [4.69, 9.17) is 11.6 Å². The lowest BCUT2D eigenvalue weighted by Gasteiger charge is -2.38. The van der Waals surface area contributed by atoms with Crippen LogP contribution in [0.5, 0.6) is 0 Å². The number of rotatable bonds is 6. The van der Waals surface area contributed by atoms with Crippen molar-refractivity contribution in [2.75, 3.05) is 49.1 Å². The van der Waals surface area contributed by atoms with Crippen LogP contribution in [0, 0.1) is 11.6 Å². The molecule has 252 valence electrons. The molecule has 2 aliphatic rings. The molecule has 0 aliphatic carbocycles. The summed E-state index contributed by atoms with van der Waals surface area (Å²) in [5.41, 5.74) is -0.439. The van der Waals surface area contributed by atoms with Gasteiger partial charge in [0.1, 0.15) is 17.2 Å². The minimum Gasteiger partial charge on any atom is -0.382 e. The number of hydrogen-bond acceptors (Lipinski definition) is 7. The molecule has 8 nitrogen and oxygen atoms in total. The fourth-order valence-corrected chi connectivity index (χ4v) is 6.70. The molecule has 14 heteroatoms. The molecule has 1 aromatic heterocycles. The second-order valence-electron chi connectivity index (χ2n) is 11.8. The van der Waals surface area contributed by atoms with Crippen LogP contribution in [0.1, 0.15) is 35.2 Å². The SMILES string of the molecule is O=C(OC(=O)C(F)(F)F)c1cn(-c2cccc(CN3CCCCC3)c2)c2c(Cl)c(N3CCN(c4ccccc4F)CC3)c(F)cc2c1=O. The van der Waals surface area contributed by atoms with E-state index in [9.17, 15) is 31.9 Å². The Hall–Kier alpha value is -4.49. The molecule has 0 N–H and O–H groups in total. The van der Waals surface area contributed by atoms with Gasteiger partial charge in [-0.2, -0.15) is 13.2 Å². The first kappa shape index (κ1) is 33.4. The number of para-hydroxylation sites is 1. The van der Waals surface area contributed by atoms with Crippen molar-refractivity contribution in [2.45, 2.75) is 32.0 Å². The Labute approximate surface area is 276 Å². The number of ether oxygens (including phenoxy) is 1. The Kier molecular flexibility index (Phi) is 9.44. The van der Waals surface area contributed by atoms with Gasteiger partial charge in [0.15, 0.2) is 0 Å². The molecule has 2 aliphatic heterocycles. The number of aromatic nitrogens is 1. The van der Waals surface area contributed by atoms with Crippen LogP contribution in [-0.4, -0.2) is 66.9 Å². The van der Waals surface area contributed by atoms with E-state index in [1.165, 1.54) is 10.6 Å². The summed E-state index contributed by atoms with van der Waals surface area (Å²) in [5, 5.41) is -0.573.